The number of likely N-dealkylation sites (tertiary alicyclic amines) is 1. The Kier molecular flexibility index (Phi) is 6.82. The van der Waals surface area contributed by atoms with Gasteiger partial charge in [-0.15, -0.1) is 0 Å². The van der Waals surface area contributed by atoms with Crippen molar-refractivity contribution in [1.82, 2.24) is 10.2 Å². The molecular weight excluding hydrogens is 471 g/mol. The maximum atomic E-state index is 12.3. The number of rotatable bonds is 4. The minimum atomic E-state index is -1.85. The molecule has 32 heavy (non-hydrogen) atoms. The number of amides is 2. The highest BCUT2D eigenvalue weighted by Gasteiger charge is 2.61. The molecule has 182 valence electrons. The zero-order valence-electron chi connectivity index (χ0n) is 19.4. The second-order valence-electron chi connectivity index (χ2n) is 11.4. The van der Waals surface area contributed by atoms with Gasteiger partial charge in [-0.25, -0.2) is 0 Å². The lowest BCUT2D eigenvalue weighted by Crippen LogP contribution is -2.61. The summed E-state index contributed by atoms with van der Waals surface area (Å²) in [6.45, 7) is 5.49. The first kappa shape index (κ1) is 24.9. The number of halogens is 3. The second kappa shape index (κ2) is 8.77. The number of carbonyl (C=O) groups excluding carboxylic acids is 2. The number of nitrogens with zero attached hydrogens (tertiary/aromatic N) is 1. The van der Waals surface area contributed by atoms with Crippen molar-refractivity contribution in [3.63, 3.8) is 0 Å². The fraction of sp³-hybridized carbons (Fsp3) is 0.917. The number of piperidine rings is 1. The van der Waals surface area contributed by atoms with Crippen LogP contribution in [0.1, 0.15) is 71.6 Å². The van der Waals surface area contributed by atoms with Crippen LogP contribution < -0.4 is 5.32 Å². The number of aliphatic hydroxyl groups excluding tert-OH is 1. The van der Waals surface area contributed by atoms with Crippen molar-refractivity contribution >= 4 is 46.6 Å². The Morgan fingerprint density at radius 3 is 2.50 bits per heavy atom. The zero-order chi connectivity index (χ0) is 23.5. The van der Waals surface area contributed by atoms with E-state index in [1.54, 1.807) is 0 Å². The fourth-order valence-corrected chi connectivity index (χ4v) is 8.43. The first-order valence-electron chi connectivity index (χ1n) is 12.1. The van der Waals surface area contributed by atoms with Gasteiger partial charge in [-0.1, -0.05) is 48.7 Å². The summed E-state index contributed by atoms with van der Waals surface area (Å²) in [5, 5.41) is 12.9. The Hall–Kier alpha value is -0.230. The lowest BCUT2D eigenvalue weighted by Gasteiger charge is -2.61. The highest BCUT2D eigenvalue weighted by atomic mass is 35.6. The van der Waals surface area contributed by atoms with Gasteiger partial charge >= 0.3 is 0 Å². The number of aliphatic hydroxyl groups is 1. The van der Waals surface area contributed by atoms with E-state index < -0.39 is 9.90 Å². The third-order valence-electron chi connectivity index (χ3n) is 10.1. The predicted molar refractivity (Wildman–Crippen MR) is 128 cm³/mol. The number of hydrogen-bond acceptors (Lipinski definition) is 3. The summed E-state index contributed by atoms with van der Waals surface area (Å²) >= 11 is 17.1. The quantitative estimate of drug-likeness (QED) is 0.542. The van der Waals surface area contributed by atoms with Crippen LogP contribution in [0.25, 0.3) is 0 Å². The van der Waals surface area contributed by atoms with Gasteiger partial charge in [-0.3, -0.25) is 9.59 Å². The summed E-state index contributed by atoms with van der Waals surface area (Å²) in [6.07, 6.45) is 7.23. The molecule has 4 aliphatic rings. The highest BCUT2D eigenvalue weighted by molar-refractivity contribution is 6.68. The SMILES string of the molecule is CN1C(=O)CC[C@@]2(C)C1CC[C@@H]1[C@H]2CC[C@]2(C)C(CNC(=O)CC(O)C(Cl)(Cl)Cl)CC[C@@H]12. The maximum Gasteiger partial charge on any atom is 0.222 e. The fourth-order valence-electron chi connectivity index (χ4n) is 8.20. The van der Waals surface area contributed by atoms with Crippen molar-refractivity contribution in [3.05, 3.63) is 0 Å². The zero-order valence-corrected chi connectivity index (χ0v) is 21.6. The molecule has 1 heterocycles. The average molecular weight is 508 g/mol. The van der Waals surface area contributed by atoms with Gasteiger partial charge in [-0.05, 0) is 79.4 Å². The van der Waals surface area contributed by atoms with Crippen molar-refractivity contribution in [2.75, 3.05) is 13.6 Å². The highest BCUT2D eigenvalue weighted by Crippen LogP contribution is 2.66. The van der Waals surface area contributed by atoms with Crippen LogP contribution in [0.3, 0.4) is 0 Å². The third kappa shape index (κ3) is 4.18. The molecule has 4 rings (SSSR count). The largest absolute Gasteiger partial charge is 0.388 e. The van der Waals surface area contributed by atoms with Gasteiger partial charge in [0.15, 0.2) is 0 Å². The standard InChI is InChI=1S/C24H37Cl3N2O3/c1-22-10-8-17-15(5-7-18-23(17,2)11-9-21(32)29(18)3)16(22)6-4-14(22)13-28-20(31)12-19(30)24(25,26)27/h14-19,30H,4-13H2,1-3H3,(H,28,31)/t14?,15-,16-,17+,18?,19?,22+,23+/m0/s1. The van der Waals surface area contributed by atoms with Crippen molar-refractivity contribution in [1.29, 1.82) is 0 Å². The van der Waals surface area contributed by atoms with Crippen LogP contribution in [0.2, 0.25) is 0 Å². The topological polar surface area (TPSA) is 69.6 Å². The summed E-state index contributed by atoms with van der Waals surface area (Å²) in [7, 11) is 2.01. The van der Waals surface area contributed by atoms with E-state index in [2.05, 4.69) is 19.2 Å². The monoisotopic (exact) mass is 506 g/mol. The molecule has 1 saturated heterocycles. The van der Waals surface area contributed by atoms with Crippen LogP contribution in [0.5, 0.6) is 0 Å². The molecule has 0 spiro atoms. The number of hydrogen-bond donors (Lipinski definition) is 2. The minimum absolute atomic E-state index is 0.208. The molecule has 8 atom stereocenters. The van der Waals surface area contributed by atoms with Gasteiger partial charge in [0.2, 0.25) is 15.6 Å². The average Bonchev–Trinajstić information content (AvgIpc) is 3.05. The molecule has 8 heteroatoms. The van der Waals surface area contributed by atoms with E-state index >= 15 is 0 Å². The van der Waals surface area contributed by atoms with Crippen LogP contribution in [-0.2, 0) is 9.59 Å². The number of nitrogens with one attached hydrogen (secondary N) is 1. The molecule has 0 aromatic carbocycles. The Morgan fingerprint density at radius 2 is 1.81 bits per heavy atom. The number of fused-ring (bicyclic) bond motifs is 5. The Bertz CT molecular complexity index is 759. The Morgan fingerprint density at radius 1 is 1.12 bits per heavy atom. The van der Waals surface area contributed by atoms with E-state index in [4.69, 9.17) is 34.8 Å². The lowest BCUT2D eigenvalue weighted by molar-refractivity contribution is -0.158. The van der Waals surface area contributed by atoms with Gasteiger partial charge in [0, 0.05) is 26.1 Å². The summed E-state index contributed by atoms with van der Waals surface area (Å²) in [5.41, 5.74) is 0.453. The summed E-state index contributed by atoms with van der Waals surface area (Å²) in [4.78, 5) is 26.7. The molecule has 2 amide bonds. The van der Waals surface area contributed by atoms with E-state index in [0.29, 0.717) is 48.6 Å². The molecular formula is C24H37Cl3N2O3. The maximum absolute atomic E-state index is 12.3. The molecule has 0 bridgehead atoms. The summed E-state index contributed by atoms with van der Waals surface area (Å²) < 4.78 is -1.85. The summed E-state index contributed by atoms with van der Waals surface area (Å²) in [6, 6.07) is 0.384. The van der Waals surface area contributed by atoms with Crippen molar-refractivity contribution in [2.45, 2.75) is 87.6 Å². The molecule has 3 saturated carbocycles. The minimum Gasteiger partial charge on any atom is -0.388 e. The number of alkyl halides is 3. The van der Waals surface area contributed by atoms with Crippen molar-refractivity contribution < 1.29 is 14.7 Å². The Labute approximate surface area is 206 Å². The van der Waals surface area contributed by atoms with Crippen LogP contribution in [0, 0.1) is 34.5 Å². The van der Waals surface area contributed by atoms with Crippen LogP contribution in [-0.4, -0.2) is 51.4 Å². The molecule has 4 fully saturated rings. The van der Waals surface area contributed by atoms with Crippen LogP contribution in [0.4, 0.5) is 0 Å². The lowest BCUT2D eigenvalue weighted by atomic mass is 9.47. The molecule has 3 unspecified atom stereocenters. The normalized spacial score (nSPS) is 42.7. The number of carbonyl (C=O) groups is 2. The van der Waals surface area contributed by atoms with E-state index in [1.807, 2.05) is 11.9 Å². The molecule has 0 radical (unpaired) electrons. The molecule has 1 aliphatic heterocycles. The van der Waals surface area contributed by atoms with Gasteiger partial charge in [0.1, 0.15) is 6.10 Å². The van der Waals surface area contributed by atoms with E-state index in [-0.39, 0.29) is 23.2 Å². The van der Waals surface area contributed by atoms with Crippen molar-refractivity contribution in [2.24, 2.45) is 34.5 Å². The van der Waals surface area contributed by atoms with Crippen LogP contribution in [0.15, 0.2) is 0 Å². The smallest absolute Gasteiger partial charge is 0.222 e. The van der Waals surface area contributed by atoms with E-state index in [9.17, 15) is 14.7 Å². The van der Waals surface area contributed by atoms with Gasteiger partial charge in [-0.2, -0.15) is 0 Å². The first-order valence-corrected chi connectivity index (χ1v) is 13.3. The third-order valence-corrected chi connectivity index (χ3v) is 10.8. The van der Waals surface area contributed by atoms with Crippen molar-refractivity contribution in [3.8, 4) is 0 Å². The van der Waals surface area contributed by atoms with Crippen LogP contribution >= 0.6 is 34.8 Å². The molecule has 2 N–H and O–H groups in total. The molecule has 0 aromatic rings. The van der Waals surface area contributed by atoms with E-state index in [1.165, 1.54) is 25.7 Å². The molecule has 0 aromatic heterocycles. The summed E-state index contributed by atoms with van der Waals surface area (Å²) in [5.74, 6) is 2.54. The second-order valence-corrected chi connectivity index (χ2v) is 13.7. The van der Waals surface area contributed by atoms with Gasteiger partial charge in [0.25, 0.3) is 0 Å². The van der Waals surface area contributed by atoms with Gasteiger partial charge in [0.05, 0.1) is 6.42 Å². The molecule has 5 nitrogen and oxygen atoms in total. The molecule has 3 aliphatic carbocycles. The van der Waals surface area contributed by atoms with E-state index in [0.717, 1.165) is 19.3 Å². The first-order chi connectivity index (χ1) is 14.9. The predicted octanol–water partition coefficient (Wildman–Crippen LogP) is 4.70. The Balaban J connectivity index is 1.41. The van der Waals surface area contributed by atoms with Gasteiger partial charge < -0.3 is 15.3 Å².